The van der Waals surface area contributed by atoms with Crippen molar-refractivity contribution < 1.29 is 0 Å². The van der Waals surface area contributed by atoms with Gasteiger partial charge in [0, 0.05) is 5.39 Å². The van der Waals surface area contributed by atoms with Crippen molar-refractivity contribution in [2.75, 3.05) is 0 Å². The van der Waals surface area contributed by atoms with Crippen molar-refractivity contribution in [2.24, 2.45) is 0 Å². The fourth-order valence-corrected chi connectivity index (χ4v) is 1.51. The third-order valence-corrected chi connectivity index (χ3v) is 2.24. The summed E-state index contributed by atoms with van der Waals surface area (Å²) in [5.41, 5.74) is 0.963. The number of hydrogen-bond acceptors (Lipinski definition) is 3. The number of para-hydroxylation sites is 1. The maximum Gasteiger partial charge on any atom is 0.155 e. The highest BCUT2D eigenvalue weighted by Crippen LogP contribution is 2.13. The first-order valence-corrected chi connectivity index (χ1v) is 4.64. The molecule has 2 aromatic heterocycles. The van der Waals surface area contributed by atoms with Gasteiger partial charge in [0.05, 0.1) is 5.52 Å². The maximum absolute atomic E-state index is 4.48. The van der Waals surface area contributed by atoms with Crippen LogP contribution in [0.5, 0.6) is 0 Å². The minimum atomic E-state index is 0.784. The van der Waals surface area contributed by atoms with Gasteiger partial charge >= 0.3 is 0 Å². The first-order valence-electron chi connectivity index (χ1n) is 4.64. The molecule has 0 radical (unpaired) electrons. The van der Waals surface area contributed by atoms with Crippen molar-refractivity contribution in [1.82, 2.24) is 19.7 Å². The van der Waals surface area contributed by atoms with Gasteiger partial charge in [0.25, 0.3) is 0 Å². The van der Waals surface area contributed by atoms with Crippen LogP contribution < -0.4 is 0 Å². The van der Waals surface area contributed by atoms with Gasteiger partial charge in [-0.05, 0) is 18.2 Å². The maximum atomic E-state index is 4.48. The van der Waals surface area contributed by atoms with E-state index in [4.69, 9.17) is 0 Å². The van der Waals surface area contributed by atoms with E-state index in [9.17, 15) is 0 Å². The van der Waals surface area contributed by atoms with E-state index in [1.165, 1.54) is 6.33 Å². The molecule has 0 saturated heterocycles. The summed E-state index contributed by atoms with van der Waals surface area (Å²) in [5.74, 6) is 0.784. The molecule has 3 aromatic rings. The third kappa shape index (κ3) is 1.36. The van der Waals surface area contributed by atoms with Gasteiger partial charge in [-0.2, -0.15) is 5.10 Å². The molecule has 0 amide bonds. The quantitative estimate of drug-likeness (QED) is 0.596. The zero-order valence-electron chi connectivity index (χ0n) is 7.91. The summed E-state index contributed by atoms with van der Waals surface area (Å²) in [6, 6.07) is 11.9. The smallest absolute Gasteiger partial charge is 0.155 e. The van der Waals surface area contributed by atoms with Gasteiger partial charge in [0.1, 0.15) is 12.7 Å². The highest BCUT2D eigenvalue weighted by atomic mass is 15.3. The summed E-state index contributed by atoms with van der Waals surface area (Å²) < 4.78 is 1.65. The Morgan fingerprint density at radius 2 is 1.93 bits per heavy atom. The van der Waals surface area contributed by atoms with E-state index in [-0.39, 0.29) is 0 Å². The predicted octanol–water partition coefficient (Wildman–Crippen LogP) is 1.82. The van der Waals surface area contributed by atoms with E-state index in [1.54, 1.807) is 11.0 Å². The van der Waals surface area contributed by atoms with Gasteiger partial charge in [0.2, 0.25) is 0 Å². The van der Waals surface area contributed by atoms with Crippen molar-refractivity contribution in [3.63, 3.8) is 0 Å². The second kappa shape index (κ2) is 3.16. The van der Waals surface area contributed by atoms with Gasteiger partial charge in [-0.3, -0.25) is 0 Å². The lowest BCUT2D eigenvalue weighted by molar-refractivity contribution is 0.851. The van der Waals surface area contributed by atoms with Crippen LogP contribution >= 0.6 is 0 Å². The first kappa shape index (κ1) is 8.11. The molecule has 0 aliphatic heterocycles. The van der Waals surface area contributed by atoms with Crippen molar-refractivity contribution in [3.8, 4) is 5.82 Å². The fraction of sp³-hybridized carbons (Fsp3) is 0. The Morgan fingerprint density at radius 3 is 2.80 bits per heavy atom. The Morgan fingerprint density at radius 1 is 1.00 bits per heavy atom. The summed E-state index contributed by atoms with van der Waals surface area (Å²) in [6.45, 7) is 0. The molecule has 0 unspecified atom stereocenters. The van der Waals surface area contributed by atoms with Crippen LogP contribution in [-0.2, 0) is 0 Å². The predicted molar refractivity (Wildman–Crippen MR) is 56.7 cm³/mol. The summed E-state index contributed by atoms with van der Waals surface area (Å²) in [4.78, 5) is 8.37. The van der Waals surface area contributed by atoms with Gasteiger partial charge in [-0.15, -0.1) is 0 Å². The zero-order valence-corrected chi connectivity index (χ0v) is 7.91. The van der Waals surface area contributed by atoms with E-state index < -0.39 is 0 Å². The number of rotatable bonds is 1. The minimum absolute atomic E-state index is 0.784. The van der Waals surface area contributed by atoms with E-state index in [0.717, 1.165) is 16.7 Å². The van der Waals surface area contributed by atoms with E-state index in [0.29, 0.717) is 0 Å². The van der Waals surface area contributed by atoms with Crippen molar-refractivity contribution in [2.45, 2.75) is 0 Å². The van der Waals surface area contributed by atoms with Crippen LogP contribution in [0.4, 0.5) is 0 Å². The second-order valence-corrected chi connectivity index (χ2v) is 3.20. The van der Waals surface area contributed by atoms with Gasteiger partial charge < -0.3 is 0 Å². The van der Waals surface area contributed by atoms with Crippen LogP contribution in [-0.4, -0.2) is 19.7 Å². The molecule has 15 heavy (non-hydrogen) atoms. The SMILES string of the molecule is c1ccc2nc(-n3cncn3)ccc2c1. The average molecular weight is 196 g/mol. The van der Waals surface area contributed by atoms with Crippen LogP contribution in [0.2, 0.25) is 0 Å². The molecule has 4 heteroatoms. The van der Waals surface area contributed by atoms with Crippen LogP contribution in [0.15, 0.2) is 49.1 Å². The van der Waals surface area contributed by atoms with Crippen molar-refractivity contribution >= 4 is 10.9 Å². The molecule has 0 bridgehead atoms. The second-order valence-electron chi connectivity index (χ2n) is 3.20. The number of benzene rings is 1. The largest absolute Gasteiger partial charge is 0.229 e. The van der Waals surface area contributed by atoms with Crippen LogP contribution in [0.1, 0.15) is 0 Å². The third-order valence-electron chi connectivity index (χ3n) is 2.24. The molecule has 72 valence electrons. The molecule has 0 aliphatic carbocycles. The molecule has 1 aromatic carbocycles. The highest BCUT2D eigenvalue weighted by Gasteiger charge is 1.99. The van der Waals surface area contributed by atoms with Gasteiger partial charge in [-0.1, -0.05) is 18.2 Å². The molecule has 0 atom stereocenters. The normalized spacial score (nSPS) is 10.7. The van der Waals surface area contributed by atoms with Crippen LogP contribution in [0, 0.1) is 0 Å². The van der Waals surface area contributed by atoms with E-state index in [1.807, 2.05) is 36.4 Å². The highest BCUT2D eigenvalue weighted by molar-refractivity contribution is 5.79. The average Bonchev–Trinajstić information content (AvgIpc) is 2.82. The fourth-order valence-electron chi connectivity index (χ4n) is 1.51. The Hall–Kier alpha value is -2.23. The van der Waals surface area contributed by atoms with Gasteiger partial charge in [0.15, 0.2) is 5.82 Å². The Labute approximate surface area is 86.2 Å². The summed E-state index contributed by atoms with van der Waals surface area (Å²) in [7, 11) is 0. The Balaban J connectivity index is 2.22. The molecule has 4 nitrogen and oxygen atoms in total. The van der Waals surface area contributed by atoms with Crippen molar-refractivity contribution in [1.29, 1.82) is 0 Å². The summed E-state index contributed by atoms with van der Waals surface area (Å²) in [6.07, 6.45) is 3.13. The van der Waals surface area contributed by atoms with Crippen LogP contribution in [0.25, 0.3) is 16.7 Å². The number of fused-ring (bicyclic) bond motifs is 1. The molecule has 3 rings (SSSR count). The molecular weight excluding hydrogens is 188 g/mol. The lowest BCUT2D eigenvalue weighted by Gasteiger charge is -2.01. The lowest BCUT2D eigenvalue weighted by Crippen LogP contribution is -1.97. The topological polar surface area (TPSA) is 43.6 Å². The lowest BCUT2D eigenvalue weighted by atomic mass is 10.2. The number of hydrogen-bond donors (Lipinski definition) is 0. The number of aromatic nitrogens is 4. The van der Waals surface area contributed by atoms with E-state index in [2.05, 4.69) is 15.1 Å². The molecule has 0 fully saturated rings. The molecule has 2 heterocycles. The number of nitrogens with zero attached hydrogens (tertiary/aromatic N) is 4. The monoisotopic (exact) mass is 196 g/mol. The van der Waals surface area contributed by atoms with Crippen molar-refractivity contribution in [3.05, 3.63) is 49.1 Å². The number of pyridine rings is 1. The molecule has 0 aliphatic rings. The standard InChI is InChI=1S/C11H8N4/c1-2-4-10-9(3-1)5-6-11(14-10)15-8-12-7-13-15/h1-8H. The van der Waals surface area contributed by atoms with E-state index >= 15 is 0 Å². The zero-order chi connectivity index (χ0) is 10.1. The van der Waals surface area contributed by atoms with Crippen LogP contribution in [0.3, 0.4) is 0 Å². The molecular formula is C11H8N4. The summed E-state index contributed by atoms with van der Waals surface area (Å²) in [5, 5.41) is 5.16. The molecule has 0 N–H and O–H groups in total. The first-order chi connectivity index (χ1) is 7.43. The minimum Gasteiger partial charge on any atom is -0.229 e. The van der Waals surface area contributed by atoms with Gasteiger partial charge in [-0.25, -0.2) is 14.6 Å². The summed E-state index contributed by atoms with van der Waals surface area (Å²) >= 11 is 0. The Kier molecular flexibility index (Phi) is 1.71. The molecule has 0 saturated carbocycles. The Bertz CT molecular complexity index is 586. The molecule has 0 spiro atoms.